The van der Waals surface area contributed by atoms with Crippen molar-refractivity contribution in [2.75, 3.05) is 12.0 Å². The summed E-state index contributed by atoms with van der Waals surface area (Å²) in [6.07, 6.45) is 2.55. The molecule has 7 heteroatoms. The Labute approximate surface area is 204 Å². The number of anilines is 1. The lowest BCUT2D eigenvalue weighted by Gasteiger charge is -2.29. The van der Waals surface area contributed by atoms with Crippen LogP contribution in [0.3, 0.4) is 0 Å². The van der Waals surface area contributed by atoms with Gasteiger partial charge in [0.05, 0.1) is 18.5 Å². The van der Waals surface area contributed by atoms with E-state index >= 15 is 0 Å². The van der Waals surface area contributed by atoms with Crippen molar-refractivity contribution in [1.82, 2.24) is 9.88 Å². The number of hydrogen-bond donors (Lipinski definition) is 1. The van der Waals surface area contributed by atoms with Crippen LogP contribution in [0.2, 0.25) is 0 Å². The zero-order valence-corrected chi connectivity index (χ0v) is 20.7. The number of benzene rings is 2. The molecule has 6 nitrogen and oxygen atoms in total. The Morgan fingerprint density at radius 1 is 1.06 bits per heavy atom. The third-order valence-electron chi connectivity index (χ3n) is 6.13. The van der Waals surface area contributed by atoms with Crippen molar-refractivity contribution < 1.29 is 14.3 Å². The van der Waals surface area contributed by atoms with E-state index in [1.807, 2.05) is 19.9 Å². The molecule has 0 bridgehead atoms. The maximum absolute atomic E-state index is 13.4. The molecule has 1 fully saturated rings. The fraction of sp³-hybridized carbons (Fsp3) is 0.222. The van der Waals surface area contributed by atoms with Crippen LogP contribution in [0.25, 0.3) is 11.8 Å². The molecule has 1 aliphatic rings. The van der Waals surface area contributed by atoms with Crippen LogP contribution in [-0.2, 0) is 16.0 Å². The van der Waals surface area contributed by atoms with E-state index in [-0.39, 0.29) is 10.7 Å². The van der Waals surface area contributed by atoms with Gasteiger partial charge in [0.25, 0.3) is 11.8 Å². The Kier molecular flexibility index (Phi) is 6.39. The van der Waals surface area contributed by atoms with Gasteiger partial charge in [0, 0.05) is 11.4 Å². The minimum atomic E-state index is -0.505. The van der Waals surface area contributed by atoms with E-state index < -0.39 is 11.8 Å². The van der Waals surface area contributed by atoms with Crippen molar-refractivity contribution in [2.45, 2.75) is 34.1 Å². The quantitative estimate of drug-likeness (QED) is 0.328. The molecule has 1 N–H and O–H groups in total. The number of ether oxygens (including phenoxy) is 1. The molecular weight excluding hydrogens is 446 g/mol. The number of amides is 2. The number of thiocarbonyl (C=S) groups is 1. The van der Waals surface area contributed by atoms with E-state index in [2.05, 4.69) is 41.9 Å². The van der Waals surface area contributed by atoms with Crippen molar-refractivity contribution in [3.63, 3.8) is 0 Å². The normalized spacial score (nSPS) is 15.1. The summed E-state index contributed by atoms with van der Waals surface area (Å²) < 4.78 is 7.39. The monoisotopic (exact) mass is 473 g/mol. The van der Waals surface area contributed by atoms with E-state index in [4.69, 9.17) is 17.0 Å². The lowest BCUT2D eigenvalue weighted by molar-refractivity contribution is -0.122. The highest BCUT2D eigenvalue weighted by Crippen LogP contribution is 2.29. The molecule has 2 amide bonds. The number of methoxy groups -OCH3 is 1. The van der Waals surface area contributed by atoms with Gasteiger partial charge in [-0.25, -0.2) is 0 Å². The minimum Gasteiger partial charge on any atom is -0.497 e. The summed E-state index contributed by atoms with van der Waals surface area (Å²) in [7, 11) is 1.57. The third kappa shape index (κ3) is 4.03. The number of para-hydroxylation sites is 1. The number of aryl methyl sites for hydroxylation is 3. The molecule has 1 aromatic heterocycles. The molecule has 3 aromatic rings. The number of rotatable bonds is 5. The van der Waals surface area contributed by atoms with E-state index in [0.717, 1.165) is 29.1 Å². The van der Waals surface area contributed by atoms with E-state index in [1.165, 1.54) is 16.0 Å². The average Bonchev–Trinajstić information content (AvgIpc) is 3.09. The second-order valence-electron chi connectivity index (χ2n) is 8.25. The van der Waals surface area contributed by atoms with E-state index in [0.29, 0.717) is 11.4 Å². The molecule has 4 rings (SSSR count). The van der Waals surface area contributed by atoms with Gasteiger partial charge in [0.2, 0.25) is 0 Å². The van der Waals surface area contributed by atoms with Gasteiger partial charge in [-0.15, -0.1) is 0 Å². The molecule has 0 spiro atoms. The van der Waals surface area contributed by atoms with E-state index in [9.17, 15) is 9.59 Å². The van der Waals surface area contributed by atoms with Crippen molar-refractivity contribution in [2.24, 2.45) is 0 Å². The van der Waals surface area contributed by atoms with Gasteiger partial charge in [0.15, 0.2) is 5.11 Å². The highest BCUT2D eigenvalue weighted by molar-refractivity contribution is 7.80. The summed E-state index contributed by atoms with van der Waals surface area (Å²) in [5.41, 5.74) is 6.93. The number of hydrogen-bond acceptors (Lipinski definition) is 4. The smallest absolute Gasteiger partial charge is 0.270 e. The Hall–Kier alpha value is -3.71. The first-order valence-electron chi connectivity index (χ1n) is 11.1. The first kappa shape index (κ1) is 23.4. The highest BCUT2D eigenvalue weighted by atomic mass is 32.1. The largest absolute Gasteiger partial charge is 0.497 e. The molecule has 2 aromatic carbocycles. The maximum Gasteiger partial charge on any atom is 0.270 e. The second-order valence-corrected chi connectivity index (χ2v) is 8.64. The predicted octanol–water partition coefficient (Wildman–Crippen LogP) is 4.80. The number of aromatic nitrogens is 1. The number of nitrogens with one attached hydrogen (secondary N) is 1. The van der Waals surface area contributed by atoms with Crippen molar-refractivity contribution >= 4 is 40.9 Å². The van der Waals surface area contributed by atoms with E-state index in [1.54, 1.807) is 37.5 Å². The Morgan fingerprint density at radius 2 is 1.76 bits per heavy atom. The van der Waals surface area contributed by atoms with Gasteiger partial charge in [-0.3, -0.25) is 19.8 Å². The second kappa shape index (κ2) is 9.27. The molecule has 34 heavy (non-hydrogen) atoms. The highest BCUT2D eigenvalue weighted by Gasteiger charge is 2.34. The molecule has 0 aliphatic carbocycles. The molecule has 1 aliphatic heterocycles. The SMILES string of the molecule is CCc1cccc(C)c1-n1c(C)cc(C=C2C(=O)NC(=S)N(c3ccc(OC)cc3)C2=O)c1C. The van der Waals surface area contributed by atoms with Crippen molar-refractivity contribution in [1.29, 1.82) is 0 Å². The summed E-state index contributed by atoms with van der Waals surface area (Å²) >= 11 is 5.31. The lowest BCUT2D eigenvalue weighted by atomic mass is 10.0. The van der Waals surface area contributed by atoms with Crippen LogP contribution >= 0.6 is 12.2 Å². The number of carbonyl (C=O) groups is 2. The summed E-state index contributed by atoms with van der Waals surface area (Å²) in [6.45, 7) is 8.26. The van der Waals surface area contributed by atoms with Gasteiger partial charge < -0.3 is 9.30 Å². The Bertz CT molecular complexity index is 1340. The molecule has 1 saturated heterocycles. The van der Waals surface area contributed by atoms with Crippen LogP contribution in [0.5, 0.6) is 5.75 Å². The number of carbonyl (C=O) groups excluding carboxylic acids is 2. The summed E-state index contributed by atoms with van der Waals surface area (Å²) in [4.78, 5) is 27.5. The van der Waals surface area contributed by atoms with Crippen LogP contribution in [0.15, 0.2) is 54.1 Å². The molecule has 0 saturated carbocycles. The fourth-order valence-electron chi connectivity index (χ4n) is 4.38. The van der Waals surface area contributed by atoms with Crippen LogP contribution in [0.1, 0.15) is 35.0 Å². The first-order valence-corrected chi connectivity index (χ1v) is 11.5. The van der Waals surface area contributed by atoms with Crippen LogP contribution < -0.4 is 15.0 Å². The van der Waals surface area contributed by atoms with Gasteiger partial charge in [-0.05, 0) is 92.5 Å². The maximum atomic E-state index is 13.4. The number of nitrogens with zero attached hydrogens (tertiary/aromatic N) is 2. The van der Waals surface area contributed by atoms with Gasteiger partial charge in [0.1, 0.15) is 11.3 Å². The molecule has 174 valence electrons. The molecular formula is C27H27N3O3S. The minimum absolute atomic E-state index is 0.0326. The summed E-state index contributed by atoms with van der Waals surface area (Å²) in [5, 5.41) is 2.70. The molecule has 0 unspecified atom stereocenters. The molecule has 2 heterocycles. The first-order chi connectivity index (χ1) is 16.3. The topological polar surface area (TPSA) is 63.6 Å². The summed E-state index contributed by atoms with van der Waals surface area (Å²) in [5.74, 6) is -0.308. The van der Waals surface area contributed by atoms with Gasteiger partial charge >= 0.3 is 0 Å². The summed E-state index contributed by atoms with van der Waals surface area (Å²) in [6, 6.07) is 15.2. The van der Waals surface area contributed by atoms with Crippen LogP contribution in [0.4, 0.5) is 5.69 Å². The Morgan fingerprint density at radius 3 is 2.41 bits per heavy atom. The Balaban J connectivity index is 1.78. The molecule has 0 radical (unpaired) electrons. The average molecular weight is 474 g/mol. The lowest BCUT2D eigenvalue weighted by Crippen LogP contribution is -2.54. The van der Waals surface area contributed by atoms with Gasteiger partial charge in [-0.1, -0.05) is 25.1 Å². The standard InChI is InChI=1S/C27H27N3O3S/c1-6-19-9-7-8-16(2)24(19)29-17(3)14-20(18(29)4)15-23-25(31)28-27(34)30(26(23)32)21-10-12-22(33-5)13-11-21/h7-15H,6H2,1-5H3,(H,28,31,34). The van der Waals surface area contributed by atoms with Crippen LogP contribution in [0, 0.1) is 20.8 Å². The van der Waals surface area contributed by atoms with Gasteiger partial charge in [-0.2, -0.15) is 0 Å². The third-order valence-corrected chi connectivity index (χ3v) is 6.41. The molecule has 0 atom stereocenters. The van der Waals surface area contributed by atoms with Crippen LogP contribution in [-0.4, -0.2) is 28.6 Å². The van der Waals surface area contributed by atoms with Crippen molar-refractivity contribution in [3.05, 3.63) is 82.2 Å². The van der Waals surface area contributed by atoms with Crippen molar-refractivity contribution in [3.8, 4) is 11.4 Å². The predicted molar refractivity (Wildman–Crippen MR) is 139 cm³/mol. The fourth-order valence-corrected chi connectivity index (χ4v) is 4.66. The zero-order valence-electron chi connectivity index (χ0n) is 19.9. The zero-order chi connectivity index (χ0) is 24.6.